The Balaban J connectivity index is 1.42. The summed E-state index contributed by atoms with van der Waals surface area (Å²) in [5.74, 6) is 2.57. The highest BCUT2D eigenvalue weighted by atomic mass is 19.1. The number of halogens is 1. The second-order valence-corrected chi connectivity index (χ2v) is 9.76. The number of rotatable bonds is 6. The zero-order valence-electron chi connectivity index (χ0n) is 20.2. The molecule has 1 aliphatic heterocycles. The lowest BCUT2D eigenvalue weighted by Crippen LogP contribution is -2.42. The lowest BCUT2D eigenvalue weighted by Gasteiger charge is -2.32. The Bertz CT molecular complexity index is 1390. The number of pyridine rings is 3. The Kier molecular flexibility index (Phi) is 6.14. The highest BCUT2D eigenvalue weighted by molar-refractivity contribution is 5.93. The third-order valence-electron chi connectivity index (χ3n) is 7.31. The summed E-state index contributed by atoms with van der Waals surface area (Å²) >= 11 is 0. The molecule has 1 saturated heterocycles. The topological polar surface area (TPSA) is 101 Å². The van der Waals surface area contributed by atoms with Gasteiger partial charge in [-0.25, -0.2) is 24.3 Å². The number of aromatic nitrogens is 5. The van der Waals surface area contributed by atoms with E-state index in [4.69, 9.17) is 9.97 Å². The Morgan fingerprint density at radius 3 is 2.75 bits per heavy atom. The van der Waals surface area contributed by atoms with Crippen molar-refractivity contribution in [2.75, 3.05) is 23.7 Å². The van der Waals surface area contributed by atoms with Crippen molar-refractivity contribution in [1.82, 2.24) is 30.2 Å². The number of anilines is 3. The molecule has 2 fully saturated rings. The Morgan fingerprint density at radius 1 is 1.03 bits per heavy atom. The molecule has 6 rings (SSSR count). The maximum Gasteiger partial charge on any atom is 0.167 e. The van der Waals surface area contributed by atoms with Crippen LogP contribution >= 0.6 is 0 Å². The molecular formula is C27H29FN8. The van der Waals surface area contributed by atoms with Crippen LogP contribution in [0.1, 0.15) is 44.1 Å². The van der Waals surface area contributed by atoms with E-state index in [0.29, 0.717) is 29.5 Å². The van der Waals surface area contributed by atoms with Gasteiger partial charge < -0.3 is 16.0 Å². The molecule has 4 aromatic heterocycles. The highest BCUT2D eigenvalue weighted by Crippen LogP contribution is 2.41. The quantitative estimate of drug-likeness (QED) is 0.350. The Labute approximate surface area is 209 Å². The standard InChI is InChI=1S/C27H29FN8/c1-16-13-29-10-8-21(16)33-27-24-19(17-4-2-5-17)14-30-15-22(24)34-25(36-27)18-7-11-31-23(12-18)35-26-20(28)6-3-9-32-26/h3,6-7,9,11-12,14-17,21,29H,2,4-5,8,10,13H2,1H3,(H,31,32,35)(H,33,34,36). The van der Waals surface area contributed by atoms with Crippen LogP contribution in [0.2, 0.25) is 0 Å². The Hall–Kier alpha value is -3.72. The normalized spacial score (nSPS) is 20.2. The first kappa shape index (κ1) is 22.7. The van der Waals surface area contributed by atoms with Crippen molar-refractivity contribution in [3.05, 3.63) is 60.4 Å². The van der Waals surface area contributed by atoms with E-state index in [1.54, 1.807) is 12.3 Å². The van der Waals surface area contributed by atoms with Crippen LogP contribution in [-0.4, -0.2) is 44.1 Å². The maximum absolute atomic E-state index is 14.1. The average molecular weight is 485 g/mol. The summed E-state index contributed by atoms with van der Waals surface area (Å²) in [6, 6.07) is 6.91. The van der Waals surface area contributed by atoms with Crippen molar-refractivity contribution in [1.29, 1.82) is 0 Å². The van der Waals surface area contributed by atoms with Crippen molar-refractivity contribution in [3.63, 3.8) is 0 Å². The van der Waals surface area contributed by atoms with Crippen LogP contribution in [0.4, 0.5) is 21.8 Å². The molecular weight excluding hydrogens is 455 g/mol. The summed E-state index contributed by atoms with van der Waals surface area (Å²) in [5, 5.41) is 11.3. The van der Waals surface area contributed by atoms with Crippen LogP contribution in [0.25, 0.3) is 22.3 Å². The van der Waals surface area contributed by atoms with Gasteiger partial charge in [0, 0.05) is 35.6 Å². The molecule has 2 atom stereocenters. The van der Waals surface area contributed by atoms with Crippen molar-refractivity contribution in [3.8, 4) is 11.4 Å². The predicted octanol–water partition coefficient (Wildman–Crippen LogP) is 5.04. The van der Waals surface area contributed by atoms with Crippen LogP contribution in [-0.2, 0) is 0 Å². The van der Waals surface area contributed by atoms with Gasteiger partial charge in [0.2, 0.25) is 0 Å². The molecule has 4 aromatic rings. The number of fused-ring (bicyclic) bond motifs is 1. The second kappa shape index (κ2) is 9.73. The van der Waals surface area contributed by atoms with Crippen LogP contribution < -0.4 is 16.0 Å². The third-order valence-corrected chi connectivity index (χ3v) is 7.31. The summed E-state index contributed by atoms with van der Waals surface area (Å²) in [6.07, 6.45) is 11.6. The minimum atomic E-state index is -0.441. The smallest absolute Gasteiger partial charge is 0.167 e. The van der Waals surface area contributed by atoms with Crippen LogP contribution in [0, 0.1) is 11.7 Å². The summed E-state index contributed by atoms with van der Waals surface area (Å²) in [5.41, 5.74) is 2.84. The molecule has 0 aromatic carbocycles. The van der Waals surface area contributed by atoms with Gasteiger partial charge in [-0.2, -0.15) is 0 Å². The molecule has 2 unspecified atom stereocenters. The summed E-state index contributed by atoms with van der Waals surface area (Å²) < 4.78 is 14.1. The first-order chi connectivity index (χ1) is 17.7. The number of hydrogen-bond acceptors (Lipinski definition) is 8. The summed E-state index contributed by atoms with van der Waals surface area (Å²) in [6.45, 7) is 4.23. The minimum absolute atomic E-state index is 0.123. The van der Waals surface area contributed by atoms with Gasteiger partial charge >= 0.3 is 0 Å². The predicted molar refractivity (Wildman–Crippen MR) is 139 cm³/mol. The van der Waals surface area contributed by atoms with E-state index in [9.17, 15) is 4.39 Å². The lowest BCUT2D eigenvalue weighted by molar-refractivity contribution is 0.368. The minimum Gasteiger partial charge on any atom is -0.366 e. The largest absolute Gasteiger partial charge is 0.366 e. The van der Waals surface area contributed by atoms with Gasteiger partial charge in [-0.15, -0.1) is 0 Å². The van der Waals surface area contributed by atoms with Gasteiger partial charge in [-0.1, -0.05) is 13.3 Å². The number of hydrogen-bond donors (Lipinski definition) is 3. The highest BCUT2D eigenvalue weighted by Gasteiger charge is 2.27. The average Bonchev–Trinajstić information content (AvgIpc) is 2.86. The van der Waals surface area contributed by atoms with Gasteiger partial charge in [0.25, 0.3) is 0 Å². The molecule has 2 aliphatic rings. The maximum atomic E-state index is 14.1. The molecule has 1 saturated carbocycles. The Morgan fingerprint density at radius 2 is 1.94 bits per heavy atom. The van der Waals surface area contributed by atoms with E-state index in [0.717, 1.165) is 41.8 Å². The van der Waals surface area contributed by atoms with Gasteiger partial charge in [0.15, 0.2) is 17.5 Å². The fourth-order valence-corrected chi connectivity index (χ4v) is 5.01. The molecule has 0 amide bonds. The van der Waals surface area contributed by atoms with Crippen LogP contribution in [0.5, 0.6) is 0 Å². The van der Waals surface area contributed by atoms with Gasteiger partial charge in [-0.3, -0.25) is 4.98 Å². The molecule has 36 heavy (non-hydrogen) atoms. The molecule has 0 bridgehead atoms. The zero-order valence-corrected chi connectivity index (χ0v) is 20.2. The van der Waals surface area contributed by atoms with Crippen molar-refractivity contribution in [2.24, 2.45) is 5.92 Å². The first-order valence-electron chi connectivity index (χ1n) is 12.6. The molecule has 0 radical (unpaired) electrons. The van der Waals surface area contributed by atoms with E-state index >= 15 is 0 Å². The van der Waals surface area contributed by atoms with Crippen LogP contribution in [0.15, 0.2) is 49.1 Å². The van der Waals surface area contributed by atoms with E-state index < -0.39 is 5.82 Å². The first-order valence-corrected chi connectivity index (χ1v) is 12.6. The lowest BCUT2D eigenvalue weighted by atomic mass is 9.79. The third kappa shape index (κ3) is 4.46. The van der Waals surface area contributed by atoms with E-state index in [1.807, 2.05) is 24.5 Å². The van der Waals surface area contributed by atoms with Gasteiger partial charge in [0.1, 0.15) is 11.6 Å². The SMILES string of the molecule is CC1CNCCC1Nc1nc(-c2ccnc(Nc3ncccc3F)c2)nc2cncc(C3CCC3)c12. The zero-order chi connectivity index (χ0) is 24.5. The van der Waals surface area contributed by atoms with Crippen LogP contribution in [0.3, 0.4) is 0 Å². The number of nitrogens with zero attached hydrogens (tertiary/aromatic N) is 5. The van der Waals surface area contributed by atoms with E-state index in [-0.39, 0.29) is 5.82 Å². The molecule has 3 N–H and O–H groups in total. The van der Waals surface area contributed by atoms with Crippen molar-refractivity contribution < 1.29 is 4.39 Å². The fourth-order valence-electron chi connectivity index (χ4n) is 5.01. The summed E-state index contributed by atoms with van der Waals surface area (Å²) in [4.78, 5) is 22.9. The molecule has 5 heterocycles. The van der Waals surface area contributed by atoms with Crippen molar-refractivity contribution in [2.45, 2.75) is 44.6 Å². The van der Waals surface area contributed by atoms with Gasteiger partial charge in [-0.05, 0) is 74.0 Å². The fraction of sp³-hybridized carbons (Fsp3) is 0.370. The molecule has 9 heteroatoms. The second-order valence-electron chi connectivity index (χ2n) is 9.76. The molecule has 184 valence electrons. The molecule has 1 aliphatic carbocycles. The van der Waals surface area contributed by atoms with E-state index in [2.05, 4.69) is 37.8 Å². The monoisotopic (exact) mass is 484 g/mol. The van der Waals surface area contributed by atoms with Crippen molar-refractivity contribution >= 4 is 28.4 Å². The molecule has 0 spiro atoms. The van der Waals surface area contributed by atoms with E-state index in [1.165, 1.54) is 37.1 Å². The molecule has 8 nitrogen and oxygen atoms in total. The van der Waals surface area contributed by atoms with Gasteiger partial charge in [0.05, 0.1) is 11.7 Å². The number of nitrogens with one attached hydrogen (secondary N) is 3. The number of piperidine rings is 1. The summed E-state index contributed by atoms with van der Waals surface area (Å²) in [7, 11) is 0.